The monoisotopic (exact) mass is 366 g/mol. The number of rotatable bonds is 8. The number of morpholine rings is 1. The molecule has 0 radical (unpaired) electrons. The average molecular weight is 367 g/mol. The van der Waals surface area contributed by atoms with E-state index in [0.717, 1.165) is 61.5 Å². The molecule has 2 fully saturated rings. The maximum Gasteiger partial charge on any atom is 0.338 e. The van der Waals surface area contributed by atoms with Crippen LogP contribution in [0.5, 0.6) is 0 Å². The van der Waals surface area contributed by atoms with Crippen molar-refractivity contribution in [2.75, 3.05) is 38.6 Å². The predicted octanol–water partition coefficient (Wildman–Crippen LogP) is 3.15. The summed E-state index contributed by atoms with van der Waals surface area (Å²) in [6, 6.07) is 0. The number of carboxylic acids is 1. The van der Waals surface area contributed by atoms with Crippen molar-refractivity contribution >= 4 is 17.7 Å². The summed E-state index contributed by atoms with van der Waals surface area (Å²) in [5.74, 6) is 0.986. The standard InChI is InChI=1S/C19H30N2O3S/c1-3-25-18-17(19(22)23)14(2)13-16(20-9-11-24-12-10-20)21(18)8-4-5-15-6-7-15/h13,15-16H,3-12H2,1-2H3,(H,22,23). The average Bonchev–Trinajstić information content (AvgIpc) is 3.41. The van der Waals surface area contributed by atoms with Crippen LogP contribution in [0.15, 0.2) is 22.3 Å². The summed E-state index contributed by atoms with van der Waals surface area (Å²) in [4.78, 5) is 16.7. The SMILES string of the molecule is CCSC1=C(C(=O)O)C(C)=CC(N2CCOCC2)N1CCCC1CC1. The minimum atomic E-state index is -0.808. The smallest absolute Gasteiger partial charge is 0.338 e. The third-order valence-corrected chi connectivity index (χ3v) is 6.21. The fourth-order valence-electron chi connectivity index (χ4n) is 3.72. The second-order valence-corrected chi connectivity index (χ2v) is 8.36. The summed E-state index contributed by atoms with van der Waals surface area (Å²) in [7, 11) is 0. The molecule has 0 aromatic rings. The van der Waals surface area contributed by atoms with Gasteiger partial charge in [0.25, 0.3) is 0 Å². The molecule has 1 atom stereocenters. The molecule has 0 spiro atoms. The Morgan fingerprint density at radius 3 is 2.68 bits per heavy atom. The molecule has 2 aliphatic heterocycles. The number of aliphatic carboxylic acids is 1. The van der Waals surface area contributed by atoms with Crippen molar-refractivity contribution in [2.45, 2.75) is 45.7 Å². The number of thioether (sulfide) groups is 1. The lowest BCUT2D eigenvalue weighted by molar-refractivity contribution is -0.132. The molecule has 3 rings (SSSR count). The van der Waals surface area contributed by atoms with Crippen molar-refractivity contribution in [3.63, 3.8) is 0 Å². The van der Waals surface area contributed by atoms with Gasteiger partial charge < -0.3 is 14.7 Å². The van der Waals surface area contributed by atoms with Crippen LogP contribution in [0.3, 0.4) is 0 Å². The van der Waals surface area contributed by atoms with E-state index in [0.29, 0.717) is 5.57 Å². The van der Waals surface area contributed by atoms with Crippen molar-refractivity contribution < 1.29 is 14.6 Å². The summed E-state index contributed by atoms with van der Waals surface area (Å²) in [5, 5.41) is 10.7. The highest BCUT2D eigenvalue weighted by Crippen LogP contribution is 2.38. The first-order valence-corrected chi connectivity index (χ1v) is 10.5. The van der Waals surface area contributed by atoms with Crippen LogP contribution in [0.4, 0.5) is 0 Å². The predicted molar refractivity (Wildman–Crippen MR) is 101 cm³/mol. The van der Waals surface area contributed by atoms with Gasteiger partial charge in [-0.3, -0.25) is 4.90 Å². The van der Waals surface area contributed by atoms with Gasteiger partial charge in [-0.25, -0.2) is 4.79 Å². The Balaban J connectivity index is 1.85. The summed E-state index contributed by atoms with van der Waals surface area (Å²) in [5.41, 5.74) is 1.38. The van der Waals surface area contributed by atoms with Crippen molar-refractivity contribution in [1.82, 2.24) is 9.80 Å². The van der Waals surface area contributed by atoms with Crippen LogP contribution >= 0.6 is 11.8 Å². The van der Waals surface area contributed by atoms with Crippen LogP contribution in [0, 0.1) is 5.92 Å². The Morgan fingerprint density at radius 2 is 2.08 bits per heavy atom. The van der Waals surface area contributed by atoms with Crippen LogP contribution in [0.2, 0.25) is 0 Å². The fourth-order valence-corrected chi connectivity index (χ4v) is 4.75. The fraction of sp³-hybridized carbons (Fsp3) is 0.737. The molecule has 1 aliphatic carbocycles. The number of ether oxygens (including phenoxy) is 1. The zero-order valence-electron chi connectivity index (χ0n) is 15.4. The van der Waals surface area contributed by atoms with Crippen LogP contribution in [-0.4, -0.2) is 65.6 Å². The Morgan fingerprint density at radius 1 is 1.36 bits per heavy atom. The minimum Gasteiger partial charge on any atom is -0.478 e. The highest BCUT2D eigenvalue weighted by molar-refractivity contribution is 8.03. The summed E-state index contributed by atoms with van der Waals surface area (Å²) in [6.45, 7) is 8.28. The molecule has 0 amide bonds. The molecule has 1 unspecified atom stereocenters. The first kappa shape index (κ1) is 18.8. The topological polar surface area (TPSA) is 53.0 Å². The Bertz CT molecular complexity index is 551. The molecule has 25 heavy (non-hydrogen) atoms. The molecule has 5 nitrogen and oxygen atoms in total. The van der Waals surface area contributed by atoms with Gasteiger partial charge in [-0.15, -0.1) is 11.8 Å². The summed E-state index contributed by atoms with van der Waals surface area (Å²) in [6.07, 6.45) is 7.45. The molecule has 1 saturated heterocycles. The molecular formula is C19H30N2O3S. The van der Waals surface area contributed by atoms with Gasteiger partial charge in [0.2, 0.25) is 0 Å². The quantitative estimate of drug-likeness (QED) is 0.712. The van der Waals surface area contributed by atoms with Crippen LogP contribution in [-0.2, 0) is 9.53 Å². The number of carbonyl (C=O) groups is 1. The van der Waals surface area contributed by atoms with Gasteiger partial charge >= 0.3 is 5.97 Å². The van der Waals surface area contributed by atoms with Gasteiger partial charge in [0.1, 0.15) is 6.17 Å². The van der Waals surface area contributed by atoms with Crippen LogP contribution < -0.4 is 0 Å². The van der Waals surface area contributed by atoms with E-state index < -0.39 is 5.97 Å². The first-order valence-electron chi connectivity index (χ1n) is 9.49. The highest BCUT2D eigenvalue weighted by atomic mass is 32.2. The normalized spacial score (nSPS) is 25.3. The van der Waals surface area contributed by atoms with Gasteiger partial charge in [0, 0.05) is 19.6 Å². The molecule has 3 aliphatic rings. The first-order chi connectivity index (χ1) is 12.1. The van der Waals surface area contributed by atoms with E-state index in [2.05, 4.69) is 22.8 Å². The van der Waals surface area contributed by atoms with E-state index in [1.54, 1.807) is 11.8 Å². The minimum absolute atomic E-state index is 0.153. The van der Waals surface area contributed by atoms with E-state index >= 15 is 0 Å². The van der Waals surface area contributed by atoms with E-state index in [4.69, 9.17) is 4.74 Å². The van der Waals surface area contributed by atoms with E-state index in [-0.39, 0.29) is 6.17 Å². The molecule has 6 heteroatoms. The lowest BCUT2D eigenvalue weighted by Gasteiger charge is -2.44. The Labute approximate surface area is 155 Å². The van der Waals surface area contributed by atoms with Gasteiger partial charge in [0.05, 0.1) is 23.8 Å². The molecule has 140 valence electrons. The number of nitrogens with zero attached hydrogens (tertiary/aromatic N) is 2. The second-order valence-electron chi connectivity index (χ2n) is 7.11. The van der Waals surface area contributed by atoms with Crippen LogP contribution in [0.1, 0.15) is 39.5 Å². The second kappa shape index (κ2) is 8.60. The molecule has 0 aromatic heterocycles. The van der Waals surface area contributed by atoms with Gasteiger partial charge in [0.15, 0.2) is 0 Å². The summed E-state index contributed by atoms with van der Waals surface area (Å²) < 4.78 is 5.51. The summed E-state index contributed by atoms with van der Waals surface area (Å²) >= 11 is 1.67. The van der Waals surface area contributed by atoms with E-state index in [9.17, 15) is 9.90 Å². The molecule has 2 heterocycles. The van der Waals surface area contributed by atoms with Gasteiger partial charge in [-0.1, -0.05) is 19.8 Å². The molecule has 0 bridgehead atoms. The van der Waals surface area contributed by atoms with Gasteiger partial charge in [-0.05, 0) is 43.1 Å². The lowest BCUT2D eigenvalue weighted by atomic mass is 10.0. The maximum absolute atomic E-state index is 11.9. The maximum atomic E-state index is 11.9. The van der Waals surface area contributed by atoms with Crippen molar-refractivity contribution in [2.24, 2.45) is 5.92 Å². The zero-order valence-corrected chi connectivity index (χ0v) is 16.2. The number of hydrogen-bond donors (Lipinski definition) is 1. The highest BCUT2D eigenvalue weighted by Gasteiger charge is 2.34. The Kier molecular flexibility index (Phi) is 6.47. The number of carboxylic acid groups (broad SMARTS) is 1. The van der Waals surface area contributed by atoms with E-state index in [1.807, 2.05) is 6.92 Å². The van der Waals surface area contributed by atoms with Gasteiger partial charge in [-0.2, -0.15) is 0 Å². The molecule has 1 saturated carbocycles. The largest absolute Gasteiger partial charge is 0.478 e. The van der Waals surface area contributed by atoms with Crippen LogP contribution in [0.25, 0.3) is 0 Å². The van der Waals surface area contributed by atoms with Crippen molar-refractivity contribution in [3.05, 3.63) is 22.3 Å². The third-order valence-electron chi connectivity index (χ3n) is 5.21. The molecule has 1 N–H and O–H groups in total. The Hall–Kier alpha value is -0.980. The van der Waals surface area contributed by atoms with Crippen molar-refractivity contribution in [3.8, 4) is 0 Å². The van der Waals surface area contributed by atoms with Crippen molar-refractivity contribution in [1.29, 1.82) is 0 Å². The molecular weight excluding hydrogens is 336 g/mol. The lowest BCUT2D eigenvalue weighted by Crippen LogP contribution is -2.52. The molecule has 0 aromatic carbocycles. The van der Waals surface area contributed by atoms with E-state index in [1.165, 1.54) is 19.3 Å². The zero-order chi connectivity index (χ0) is 17.8. The third kappa shape index (κ3) is 4.60. The number of hydrogen-bond acceptors (Lipinski definition) is 5.